The van der Waals surface area contributed by atoms with Gasteiger partial charge in [0, 0.05) is 24.0 Å². The lowest BCUT2D eigenvalue weighted by Gasteiger charge is -2.29. The number of hydrogen-bond acceptors (Lipinski definition) is 4. The standard InChI is InChI=1S/C21H23BrN6S/c1-27-9-11-28(12-10-27)26-25-18-7-5-15(6-8-18)19-14-20(24-21(29)23-19)16-3-2-4-17(22)13-16/h2-8,13,20H,9-12,14H2,1H3,(H,24,29). The number of hydrogen-bond donors (Lipinski definition) is 1. The molecule has 0 amide bonds. The summed E-state index contributed by atoms with van der Waals surface area (Å²) in [5, 5.41) is 14.6. The van der Waals surface area contributed by atoms with E-state index in [2.05, 4.69) is 60.7 Å². The number of aliphatic imine (C=N–C) groups is 1. The number of thiocarbonyl (C=S) groups is 1. The average Bonchev–Trinajstić information content (AvgIpc) is 2.73. The third-order valence-corrected chi connectivity index (χ3v) is 5.85. The van der Waals surface area contributed by atoms with Gasteiger partial charge in [-0.3, -0.25) is 5.01 Å². The van der Waals surface area contributed by atoms with E-state index in [0.29, 0.717) is 5.11 Å². The summed E-state index contributed by atoms with van der Waals surface area (Å²) < 4.78 is 1.06. The minimum atomic E-state index is 0.115. The van der Waals surface area contributed by atoms with Crippen LogP contribution in [0, 0.1) is 0 Å². The third kappa shape index (κ3) is 5.26. The molecule has 0 aromatic heterocycles. The highest BCUT2D eigenvalue weighted by molar-refractivity contribution is 9.10. The zero-order valence-corrected chi connectivity index (χ0v) is 18.7. The van der Waals surface area contributed by atoms with Gasteiger partial charge in [0.05, 0.1) is 30.5 Å². The Balaban J connectivity index is 1.44. The van der Waals surface area contributed by atoms with Crippen molar-refractivity contribution in [2.45, 2.75) is 12.5 Å². The summed E-state index contributed by atoms with van der Waals surface area (Å²) in [4.78, 5) is 6.86. The fourth-order valence-electron chi connectivity index (χ4n) is 3.42. The maximum absolute atomic E-state index is 5.39. The molecule has 0 radical (unpaired) electrons. The molecule has 1 atom stereocenters. The molecule has 0 bridgehead atoms. The van der Waals surface area contributed by atoms with Gasteiger partial charge < -0.3 is 10.2 Å². The Labute approximate surface area is 184 Å². The number of likely N-dealkylation sites (N-methyl/N-ethyl adjacent to an activating group) is 1. The normalized spacial score (nSPS) is 20.6. The Morgan fingerprint density at radius 3 is 2.59 bits per heavy atom. The van der Waals surface area contributed by atoms with Crippen LogP contribution in [0.2, 0.25) is 0 Å². The monoisotopic (exact) mass is 470 g/mol. The van der Waals surface area contributed by atoms with Gasteiger partial charge in [-0.2, -0.15) is 0 Å². The molecule has 29 heavy (non-hydrogen) atoms. The molecule has 2 heterocycles. The number of rotatable bonds is 4. The van der Waals surface area contributed by atoms with Crippen LogP contribution in [-0.4, -0.2) is 54.0 Å². The summed E-state index contributed by atoms with van der Waals surface area (Å²) in [5.41, 5.74) is 4.08. The first kappa shape index (κ1) is 20.1. The van der Waals surface area contributed by atoms with Gasteiger partial charge in [0.2, 0.25) is 0 Å². The van der Waals surface area contributed by atoms with Crippen molar-refractivity contribution < 1.29 is 0 Å². The summed E-state index contributed by atoms with van der Waals surface area (Å²) in [6.45, 7) is 3.86. The number of benzene rings is 2. The second kappa shape index (κ2) is 9.11. The fourth-order valence-corrected chi connectivity index (χ4v) is 4.09. The van der Waals surface area contributed by atoms with Gasteiger partial charge in [-0.05, 0) is 54.7 Å². The predicted octanol–water partition coefficient (Wildman–Crippen LogP) is 4.50. The van der Waals surface area contributed by atoms with Gasteiger partial charge in [-0.1, -0.05) is 45.4 Å². The van der Waals surface area contributed by atoms with Crippen LogP contribution >= 0.6 is 28.1 Å². The van der Waals surface area contributed by atoms with Crippen LogP contribution in [0.1, 0.15) is 23.6 Å². The van der Waals surface area contributed by atoms with Gasteiger partial charge >= 0.3 is 0 Å². The third-order valence-electron chi connectivity index (χ3n) is 5.15. The van der Waals surface area contributed by atoms with Crippen molar-refractivity contribution in [1.82, 2.24) is 15.2 Å². The van der Waals surface area contributed by atoms with E-state index in [1.807, 2.05) is 41.4 Å². The first-order valence-corrected chi connectivity index (χ1v) is 10.9. The van der Waals surface area contributed by atoms with Gasteiger partial charge in [0.1, 0.15) is 0 Å². The highest BCUT2D eigenvalue weighted by atomic mass is 79.9. The largest absolute Gasteiger partial charge is 0.354 e. The van der Waals surface area contributed by atoms with Gasteiger partial charge in [-0.15, -0.1) is 5.11 Å². The highest BCUT2D eigenvalue weighted by Gasteiger charge is 2.22. The van der Waals surface area contributed by atoms with Crippen molar-refractivity contribution in [3.63, 3.8) is 0 Å². The molecule has 2 aromatic rings. The Kier molecular flexibility index (Phi) is 6.32. The summed E-state index contributed by atoms with van der Waals surface area (Å²) in [6.07, 6.45) is 0.777. The topological polar surface area (TPSA) is 55.6 Å². The molecule has 6 nitrogen and oxygen atoms in total. The minimum Gasteiger partial charge on any atom is -0.354 e. The molecule has 150 valence electrons. The smallest absolute Gasteiger partial charge is 0.193 e. The summed E-state index contributed by atoms with van der Waals surface area (Å²) >= 11 is 8.93. The van der Waals surface area contributed by atoms with Crippen LogP contribution in [0.4, 0.5) is 5.69 Å². The van der Waals surface area contributed by atoms with Crippen LogP contribution in [0.3, 0.4) is 0 Å². The van der Waals surface area contributed by atoms with Crippen LogP contribution in [0.15, 0.2) is 68.3 Å². The molecule has 2 aliphatic heterocycles. The summed E-state index contributed by atoms with van der Waals surface area (Å²) in [6, 6.07) is 16.5. The number of nitrogens with zero attached hydrogens (tertiary/aromatic N) is 5. The molecule has 1 saturated heterocycles. The Bertz CT molecular complexity index is 934. The second-order valence-corrected chi connectivity index (χ2v) is 8.62. The number of nitrogens with one attached hydrogen (secondary N) is 1. The lowest BCUT2D eigenvalue weighted by molar-refractivity contribution is 0.150. The van der Waals surface area contributed by atoms with Crippen molar-refractivity contribution >= 4 is 44.7 Å². The molecule has 8 heteroatoms. The van der Waals surface area contributed by atoms with Crippen molar-refractivity contribution in [2.75, 3.05) is 33.2 Å². The zero-order valence-electron chi connectivity index (χ0n) is 16.3. The maximum atomic E-state index is 5.39. The molecule has 0 spiro atoms. The van der Waals surface area contributed by atoms with Crippen molar-refractivity contribution in [3.05, 3.63) is 64.1 Å². The molecule has 0 aliphatic carbocycles. The van der Waals surface area contributed by atoms with E-state index in [0.717, 1.165) is 54.0 Å². The zero-order chi connectivity index (χ0) is 20.2. The first-order chi connectivity index (χ1) is 14.1. The average molecular weight is 471 g/mol. The van der Waals surface area contributed by atoms with Crippen LogP contribution in [-0.2, 0) is 0 Å². The van der Waals surface area contributed by atoms with Crippen LogP contribution in [0.5, 0.6) is 0 Å². The van der Waals surface area contributed by atoms with E-state index in [4.69, 9.17) is 12.2 Å². The lowest BCUT2D eigenvalue weighted by Crippen LogP contribution is -2.41. The Morgan fingerprint density at radius 2 is 1.86 bits per heavy atom. The van der Waals surface area contributed by atoms with E-state index in [-0.39, 0.29) is 6.04 Å². The van der Waals surface area contributed by atoms with Crippen LogP contribution < -0.4 is 5.32 Å². The van der Waals surface area contributed by atoms with E-state index in [1.54, 1.807) is 0 Å². The Hall–Kier alpha value is -2.16. The first-order valence-electron chi connectivity index (χ1n) is 9.66. The van der Waals surface area contributed by atoms with E-state index in [1.165, 1.54) is 5.56 Å². The molecule has 1 N–H and O–H groups in total. The van der Waals surface area contributed by atoms with Gasteiger partial charge in [-0.25, -0.2) is 4.99 Å². The molecule has 1 fully saturated rings. The van der Waals surface area contributed by atoms with Crippen LogP contribution in [0.25, 0.3) is 0 Å². The fraction of sp³-hybridized carbons (Fsp3) is 0.333. The molecule has 2 aromatic carbocycles. The predicted molar refractivity (Wildman–Crippen MR) is 124 cm³/mol. The minimum absolute atomic E-state index is 0.115. The molecule has 4 rings (SSSR count). The van der Waals surface area contributed by atoms with E-state index >= 15 is 0 Å². The second-order valence-electron chi connectivity index (χ2n) is 7.31. The lowest BCUT2D eigenvalue weighted by atomic mass is 9.96. The number of halogens is 1. The molecule has 2 aliphatic rings. The highest BCUT2D eigenvalue weighted by Crippen LogP contribution is 2.26. The summed E-state index contributed by atoms with van der Waals surface area (Å²) in [7, 11) is 2.13. The van der Waals surface area contributed by atoms with Gasteiger partial charge in [0.15, 0.2) is 5.11 Å². The van der Waals surface area contributed by atoms with Crippen molar-refractivity contribution in [1.29, 1.82) is 0 Å². The van der Waals surface area contributed by atoms with Gasteiger partial charge in [0.25, 0.3) is 0 Å². The molecular weight excluding hydrogens is 448 g/mol. The van der Waals surface area contributed by atoms with Crippen molar-refractivity contribution in [2.24, 2.45) is 15.3 Å². The summed E-state index contributed by atoms with van der Waals surface area (Å²) in [5.74, 6) is 0. The quantitative estimate of drug-likeness (QED) is 0.527. The van der Waals surface area contributed by atoms with Crippen molar-refractivity contribution in [3.8, 4) is 0 Å². The molecule has 0 saturated carbocycles. The van der Waals surface area contributed by atoms with E-state index < -0.39 is 0 Å². The number of piperazine rings is 1. The Morgan fingerprint density at radius 1 is 1.10 bits per heavy atom. The molecular formula is C21H23BrN6S. The van der Waals surface area contributed by atoms with E-state index in [9.17, 15) is 0 Å². The molecule has 1 unspecified atom stereocenters. The maximum Gasteiger partial charge on any atom is 0.193 e. The SMILES string of the molecule is CN1CCN(N=Nc2ccc(C3=NC(=S)NC(c4cccc(Br)c4)C3)cc2)CC1.